The first kappa shape index (κ1) is 19.8. The second kappa shape index (κ2) is 7.54. The normalized spacial score (nSPS) is 34.5. The van der Waals surface area contributed by atoms with Crippen molar-refractivity contribution in [2.24, 2.45) is 23.7 Å². The Hall–Kier alpha value is -2.11. The fraction of sp³-hybridized carbons (Fsp3) is 0.636. The summed E-state index contributed by atoms with van der Waals surface area (Å²) in [5.74, 6) is 2.63. The molecule has 1 heterocycles. The standard InChI is InChI=1S/C22H28N4O3S/c23-13-15-2-4-20(5-3-15)26-7-1-6-25(30(26,28)29)14-21(27)24-22-18-9-16-8-17(11-18)12-19(22)10-16/h2-5,16-19,22H,1,6-12,14H2,(H,24,27). The molecular weight excluding hydrogens is 400 g/mol. The molecule has 160 valence electrons. The van der Waals surface area contributed by atoms with Crippen LogP contribution in [-0.2, 0) is 15.0 Å². The topological polar surface area (TPSA) is 93.5 Å². The molecule has 6 rings (SSSR count). The highest BCUT2D eigenvalue weighted by Crippen LogP contribution is 2.53. The SMILES string of the molecule is N#Cc1ccc(N2CCCN(CC(=O)NC3C4CC5CC(C4)CC3C5)S2(=O)=O)cc1. The molecule has 4 aliphatic carbocycles. The zero-order valence-corrected chi connectivity index (χ0v) is 17.9. The zero-order valence-electron chi connectivity index (χ0n) is 17.0. The third-order valence-corrected chi connectivity index (χ3v) is 9.45. The highest BCUT2D eigenvalue weighted by molar-refractivity contribution is 7.90. The summed E-state index contributed by atoms with van der Waals surface area (Å²) >= 11 is 0. The van der Waals surface area contributed by atoms with Gasteiger partial charge >= 0.3 is 10.2 Å². The van der Waals surface area contributed by atoms with Crippen molar-refractivity contribution in [3.8, 4) is 6.07 Å². The van der Waals surface area contributed by atoms with Crippen LogP contribution in [0.2, 0.25) is 0 Å². The molecule has 4 bridgehead atoms. The van der Waals surface area contributed by atoms with E-state index in [0.717, 1.165) is 11.8 Å². The Bertz CT molecular complexity index is 941. The molecule has 1 N–H and O–H groups in total. The Balaban J connectivity index is 1.26. The van der Waals surface area contributed by atoms with Crippen LogP contribution in [0.5, 0.6) is 0 Å². The molecule has 1 aliphatic heterocycles. The van der Waals surface area contributed by atoms with Crippen molar-refractivity contribution in [3.05, 3.63) is 29.8 Å². The molecular formula is C22H28N4O3S. The molecule has 0 aromatic heterocycles. The van der Waals surface area contributed by atoms with Crippen molar-refractivity contribution in [2.45, 2.75) is 44.6 Å². The lowest BCUT2D eigenvalue weighted by Gasteiger charge is -2.54. The van der Waals surface area contributed by atoms with Gasteiger partial charge in [-0.3, -0.25) is 9.10 Å². The Morgan fingerprint density at radius 2 is 1.67 bits per heavy atom. The maximum absolute atomic E-state index is 13.1. The minimum Gasteiger partial charge on any atom is -0.352 e. The molecule has 0 radical (unpaired) electrons. The molecule has 7 nitrogen and oxygen atoms in total. The summed E-state index contributed by atoms with van der Waals surface area (Å²) < 4.78 is 28.9. The molecule has 1 amide bonds. The molecule has 4 saturated carbocycles. The second-order valence-corrected chi connectivity index (χ2v) is 11.3. The molecule has 5 fully saturated rings. The number of amides is 1. The molecule has 1 aromatic carbocycles. The average Bonchev–Trinajstić information content (AvgIpc) is 2.72. The quantitative estimate of drug-likeness (QED) is 0.796. The van der Waals surface area contributed by atoms with Gasteiger partial charge < -0.3 is 5.32 Å². The monoisotopic (exact) mass is 428 g/mol. The van der Waals surface area contributed by atoms with Crippen LogP contribution in [0.4, 0.5) is 5.69 Å². The molecule has 8 heteroatoms. The summed E-state index contributed by atoms with van der Waals surface area (Å²) in [5.41, 5.74) is 1.01. The van der Waals surface area contributed by atoms with Gasteiger partial charge in [0.25, 0.3) is 0 Å². The van der Waals surface area contributed by atoms with Gasteiger partial charge in [0, 0.05) is 19.1 Å². The lowest BCUT2D eigenvalue weighted by atomic mass is 9.54. The van der Waals surface area contributed by atoms with E-state index in [1.54, 1.807) is 24.3 Å². The van der Waals surface area contributed by atoms with Crippen LogP contribution in [0.15, 0.2) is 24.3 Å². The van der Waals surface area contributed by atoms with Gasteiger partial charge in [0.15, 0.2) is 0 Å². The predicted octanol–water partition coefficient (Wildman–Crippen LogP) is 2.26. The average molecular weight is 429 g/mol. The molecule has 0 spiro atoms. The maximum Gasteiger partial charge on any atom is 0.304 e. The van der Waals surface area contributed by atoms with E-state index in [0.29, 0.717) is 42.6 Å². The van der Waals surface area contributed by atoms with Gasteiger partial charge in [-0.2, -0.15) is 18.0 Å². The third kappa shape index (κ3) is 3.48. The molecule has 1 aromatic rings. The summed E-state index contributed by atoms with van der Waals surface area (Å²) in [6, 6.07) is 8.78. The number of hydrogen-bond acceptors (Lipinski definition) is 4. The van der Waals surface area contributed by atoms with E-state index >= 15 is 0 Å². The summed E-state index contributed by atoms with van der Waals surface area (Å²) in [5, 5.41) is 12.2. The van der Waals surface area contributed by atoms with E-state index in [4.69, 9.17) is 5.26 Å². The summed E-state index contributed by atoms with van der Waals surface area (Å²) in [6.07, 6.45) is 6.88. The fourth-order valence-electron chi connectivity index (χ4n) is 6.44. The largest absolute Gasteiger partial charge is 0.352 e. The maximum atomic E-state index is 13.1. The minimum absolute atomic E-state index is 0.127. The van der Waals surface area contributed by atoms with Crippen LogP contribution < -0.4 is 9.62 Å². The van der Waals surface area contributed by atoms with Gasteiger partial charge in [-0.25, -0.2) is 0 Å². The van der Waals surface area contributed by atoms with E-state index in [9.17, 15) is 13.2 Å². The minimum atomic E-state index is -3.77. The lowest BCUT2D eigenvalue weighted by molar-refractivity contribution is -0.125. The van der Waals surface area contributed by atoms with Crippen LogP contribution in [0.25, 0.3) is 0 Å². The molecule has 30 heavy (non-hydrogen) atoms. The predicted molar refractivity (Wildman–Crippen MR) is 113 cm³/mol. The molecule has 5 aliphatic rings. The first-order valence-corrected chi connectivity index (χ1v) is 12.4. The van der Waals surface area contributed by atoms with E-state index in [1.807, 2.05) is 6.07 Å². The first-order chi connectivity index (χ1) is 14.4. The number of carbonyl (C=O) groups is 1. The van der Waals surface area contributed by atoms with Gasteiger partial charge in [0.05, 0.1) is 23.9 Å². The van der Waals surface area contributed by atoms with Crippen molar-refractivity contribution in [1.29, 1.82) is 5.26 Å². The Morgan fingerprint density at radius 1 is 1.03 bits per heavy atom. The Morgan fingerprint density at radius 3 is 2.27 bits per heavy atom. The zero-order chi connectivity index (χ0) is 20.9. The van der Waals surface area contributed by atoms with Crippen LogP contribution in [0.1, 0.15) is 44.1 Å². The highest BCUT2D eigenvalue weighted by Gasteiger charge is 2.48. The number of nitrogens with zero attached hydrogens (tertiary/aromatic N) is 3. The lowest BCUT2D eigenvalue weighted by Crippen LogP contribution is -2.58. The third-order valence-electron chi connectivity index (χ3n) is 7.53. The number of nitriles is 1. The van der Waals surface area contributed by atoms with Crippen LogP contribution in [0.3, 0.4) is 0 Å². The van der Waals surface area contributed by atoms with E-state index in [1.165, 1.54) is 40.7 Å². The van der Waals surface area contributed by atoms with Gasteiger partial charge in [0.1, 0.15) is 0 Å². The van der Waals surface area contributed by atoms with Crippen molar-refractivity contribution in [2.75, 3.05) is 23.9 Å². The number of anilines is 1. The fourth-order valence-corrected chi connectivity index (χ4v) is 8.11. The Labute approximate surface area is 178 Å². The molecule has 0 unspecified atom stereocenters. The van der Waals surface area contributed by atoms with Crippen molar-refractivity contribution in [3.63, 3.8) is 0 Å². The number of carbonyl (C=O) groups excluding carboxylic acids is 1. The molecule has 1 saturated heterocycles. The van der Waals surface area contributed by atoms with E-state index in [-0.39, 0.29) is 18.5 Å². The number of nitrogens with one attached hydrogen (secondary N) is 1. The summed E-state index contributed by atoms with van der Waals surface area (Å²) in [6.45, 7) is 0.601. The number of hydrogen-bond donors (Lipinski definition) is 1. The van der Waals surface area contributed by atoms with E-state index in [2.05, 4.69) is 5.32 Å². The van der Waals surface area contributed by atoms with Crippen LogP contribution in [-0.4, -0.2) is 44.3 Å². The van der Waals surface area contributed by atoms with Crippen LogP contribution >= 0.6 is 0 Å². The van der Waals surface area contributed by atoms with Gasteiger partial charge in [0.2, 0.25) is 5.91 Å². The smallest absolute Gasteiger partial charge is 0.304 e. The molecule has 0 atom stereocenters. The van der Waals surface area contributed by atoms with Gasteiger partial charge in [-0.15, -0.1) is 0 Å². The Kier molecular flexibility index (Phi) is 4.98. The summed E-state index contributed by atoms with van der Waals surface area (Å²) in [4.78, 5) is 12.8. The number of benzene rings is 1. The van der Waals surface area contributed by atoms with Gasteiger partial charge in [-0.1, -0.05) is 0 Å². The number of rotatable bonds is 4. The first-order valence-electron chi connectivity index (χ1n) is 11.0. The van der Waals surface area contributed by atoms with Gasteiger partial charge in [-0.05, 0) is 86.5 Å². The van der Waals surface area contributed by atoms with Crippen molar-refractivity contribution < 1.29 is 13.2 Å². The van der Waals surface area contributed by atoms with Crippen LogP contribution in [0, 0.1) is 35.0 Å². The summed E-state index contributed by atoms with van der Waals surface area (Å²) in [7, 11) is -3.77. The second-order valence-electron chi connectivity index (χ2n) is 9.45. The highest BCUT2D eigenvalue weighted by atomic mass is 32.2. The van der Waals surface area contributed by atoms with E-state index < -0.39 is 10.2 Å². The van der Waals surface area contributed by atoms with Crippen molar-refractivity contribution in [1.82, 2.24) is 9.62 Å². The van der Waals surface area contributed by atoms with Crippen molar-refractivity contribution >= 4 is 21.8 Å².